The molecule has 1 N–H and O–H groups in total. The highest BCUT2D eigenvalue weighted by atomic mass is 32.1. The summed E-state index contributed by atoms with van der Waals surface area (Å²) < 4.78 is 38.1. The molecule has 2 atom stereocenters. The summed E-state index contributed by atoms with van der Waals surface area (Å²) in [4.78, 5) is 39.6. The van der Waals surface area contributed by atoms with E-state index in [9.17, 15) is 23.5 Å². The van der Waals surface area contributed by atoms with Crippen LogP contribution in [0.15, 0.2) is 16.1 Å². The molecule has 0 unspecified atom stereocenters. The molecule has 0 radical (unpaired) electrons. The number of piperidine rings is 2. The molecule has 6 rings (SSSR count). The number of rotatable bonds is 4. The van der Waals surface area contributed by atoms with Crippen molar-refractivity contribution in [2.45, 2.75) is 107 Å². The number of halogens is 2. The van der Waals surface area contributed by atoms with Crippen molar-refractivity contribution in [3.8, 4) is 0 Å². The zero-order valence-electron chi connectivity index (χ0n) is 23.6. The number of aliphatic hydroxyl groups is 1. The summed E-state index contributed by atoms with van der Waals surface area (Å²) >= 11 is 1.46. The number of likely N-dealkylation sites (tertiary alicyclic amines) is 2. The average molecular weight is 594 g/mol. The van der Waals surface area contributed by atoms with Gasteiger partial charge in [-0.1, -0.05) is 11.6 Å². The number of thiazole rings is 1. The average Bonchev–Trinajstić information content (AvgIpc) is 3.58. The Bertz CT molecular complexity index is 1280. The van der Waals surface area contributed by atoms with Gasteiger partial charge in [-0.05, 0) is 46.5 Å². The van der Waals surface area contributed by atoms with E-state index < -0.39 is 41.1 Å². The number of carbonyl (C=O) groups excluding carboxylic acids is 2. The molecular weight excluding hydrogens is 556 g/mol. The maximum Gasteiger partial charge on any atom is 0.410 e. The molecule has 1 spiro atoms. The SMILES string of the molecule is CC(C)(C)OC(=O)N1CC2(CCC2)[C@H](O)C[C@H]1C(=O)N1CCC(c2noc(C3CC(F)(F)C3)n2)(c2nccs2)CC1. The largest absolute Gasteiger partial charge is 0.444 e. The number of aliphatic hydroxyl groups excluding tert-OH is 1. The third-order valence-corrected chi connectivity index (χ3v) is 10.3. The van der Waals surface area contributed by atoms with Crippen LogP contribution in [-0.2, 0) is 14.9 Å². The monoisotopic (exact) mass is 593 g/mol. The lowest BCUT2D eigenvalue weighted by Crippen LogP contribution is -2.65. The summed E-state index contributed by atoms with van der Waals surface area (Å²) in [7, 11) is 0. The Kier molecular flexibility index (Phi) is 6.91. The Morgan fingerprint density at radius 2 is 1.88 bits per heavy atom. The minimum atomic E-state index is -2.70. The van der Waals surface area contributed by atoms with E-state index in [4.69, 9.17) is 9.26 Å². The van der Waals surface area contributed by atoms with Crippen LogP contribution < -0.4 is 0 Å². The second-order valence-electron chi connectivity index (χ2n) is 13.3. The number of hydrogen-bond donors (Lipinski definition) is 1. The van der Waals surface area contributed by atoms with Gasteiger partial charge in [0.1, 0.15) is 16.7 Å². The molecule has 2 amide bonds. The fourth-order valence-corrected chi connectivity index (χ4v) is 7.65. The Morgan fingerprint density at radius 3 is 2.44 bits per heavy atom. The number of carbonyl (C=O) groups is 2. The van der Waals surface area contributed by atoms with Crippen molar-refractivity contribution in [2.24, 2.45) is 5.41 Å². The molecule has 2 aliphatic heterocycles. The van der Waals surface area contributed by atoms with Gasteiger partial charge in [0.15, 0.2) is 5.82 Å². The second kappa shape index (κ2) is 9.96. The molecule has 4 heterocycles. The van der Waals surface area contributed by atoms with E-state index in [1.54, 1.807) is 31.9 Å². The summed E-state index contributed by atoms with van der Waals surface area (Å²) in [6.07, 6.45) is 3.60. The molecule has 13 heteroatoms. The van der Waals surface area contributed by atoms with E-state index in [1.165, 1.54) is 16.2 Å². The first-order chi connectivity index (χ1) is 19.3. The summed E-state index contributed by atoms with van der Waals surface area (Å²) in [6, 6.07) is -0.824. The van der Waals surface area contributed by atoms with Crippen LogP contribution in [0.1, 0.15) is 94.8 Å². The first-order valence-electron chi connectivity index (χ1n) is 14.4. The van der Waals surface area contributed by atoms with Crippen molar-refractivity contribution in [3.05, 3.63) is 28.3 Å². The number of ether oxygens (including phenoxy) is 1. The van der Waals surface area contributed by atoms with Crippen molar-refractivity contribution in [1.29, 1.82) is 0 Å². The van der Waals surface area contributed by atoms with Gasteiger partial charge >= 0.3 is 6.09 Å². The highest BCUT2D eigenvalue weighted by molar-refractivity contribution is 7.09. The lowest BCUT2D eigenvalue weighted by Gasteiger charge is -2.54. The molecule has 2 aromatic heterocycles. The van der Waals surface area contributed by atoms with Gasteiger partial charge in [0, 0.05) is 61.8 Å². The van der Waals surface area contributed by atoms with Crippen molar-refractivity contribution in [3.63, 3.8) is 0 Å². The lowest BCUT2D eigenvalue weighted by atomic mass is 9.61. The van der Waals surface area contributed by atoms with E-state index in [0.717, 1.165) is 24.3 Å². The van der Waals surface area contributed by atoms with Gasteiger partial charge in [0.2, 0.25) is 17.7 Å². The fourth-order valence-electron chi connectivity index (χ4n) is 6.76. The van der Waals surface area contributed by atoms with Crippen LogP contribution in [0.5, 0.6) is 0 Å². The lowest BCUT2D eigenvalue weighted by molar-refractivity contribution is -0.153. The molecule has 2 saturated heterocycles. The zero-order valence-corrected chi connectivity index (χ0v) is 24.5. The van der Waals surface area contributed by atoms with Gasteiger partial charge in [-0.15, -0.1) is 11.3 Å². The molecule has 2 saturated carbocycles. The van der Waals surface area contributed by atoms with Crippen molar-refractivity contribution in [1.82, 2.24) is 24.9 Å². The van der Waals surface area contributed by atoms with Crippen LogP contribution >= 0.6 is 11.3 Å². The van der Waals surface area contributed by atoms with Gasteiger partial charge in [-0.2, -0.15) is 4.98 Å². The number of alkyl halides is 2. The third kappa shape index (κ3) is 5.13. The Morgan fingerprint density at radius 1 is 1.17 bits per heavy atom. The molecule has 0 aromatic carbocycles. The smallest absolute Gasteiger partial charge is 0.410 e. The normalized spacial score (nSPS) is 27.3. The first-order valence-corrected chi connectivity index (χ1v) is 15.3. The number of amides is 2. The van der Waals surface area contributed by atoms with Crippen LogP contribution in [0, 0.1) is 5.41 Å². The molecule has 2 aliphatic carbocycles. The van der Waals surface area contributed by atoms with E-state index >= 15 is 0 Å². The van der Waals surface area contributed by atoms with E-state index in [1.807, 2.05) is 5.38 Å². The maximum absolute atomic E-state index is 14.0. The second-order valence-corrected chi connectivity index (χ2v) is 14.1. The van der Waals surface area contributed by atoms with Gasteiger partial charge in [-0.3, -0.25) is 9.69 Å². The maximum atomic E-state index is 14.0. The standard InChI is InChI=1S/C28H37F2N5O5S/c1-25(2,3)39-24(38)35-16-26(5-4-6-26)19(36)13-18(35)21(37)34-10-7-27(8-11-34,23-31-9-12-41-23)22-32-20(40-33-22)17-14-28(29,30)15-17/h9,12,17-19,36H,4-8,10-11,13-16H2,1-3H3/t18-,19+/m0/s1. The number of nitrogens with zero attached hydrogens (tertiary/aromatic N) is 5. The first kappa shape index (κ1) is 28.4. The van der Waals surface area contributed by atoms with Gasteiger partial charge < -0.3 is 19.3 Å². The van der Waals surface area contributed by atoms with Crippen LogP contribution in [0.3, 0.4) is 0 Å². The Balaban J connectivity index is 1.21. The quantitative estimate of drug-likeness (QED) is 0.551. The Hall–Kier alpha value is -2.67. The van der Waals surface area contributed by atoms with E-state index in [0.29, 0.717) is 38.3 Å². The van der Waals surface area contributed by atoms with Crippen molar-refractivity contribution >= 4 is 23.3 Å². The number of aromatic nitrogens is 3. The molecule has 224 valence electrons. The van der Waals surface area contributed by atoms with E-state index in [2.05, 4.69) is 15.1 Å². The predicted octanol–water partition coefficient (Wildman–Crippen LogP) is 4.49. The van der Waals surface area contributed by atoms with Crippen molar-refractivity contribution < 1.29 is 32.7 Å². The predicted molar refractivity (Wildman–Crippen MR) is 144 cm³/mol. The van der Waals surface area contributed by atoms with Gasteiger partial charge in [0.05, 0.1) is 11.5 Å². The van der Waals surface area contributed by atoms with Gasteiger partial charge in [0.25, 0.3) is 0 Å². The fraction of sp³-hybridized carbons (Fsp3) is 0.750. The van der Waals surface area contributed by atoms with Crippen molar-refractivity contribution in [2.75, 3.05) is 19.6 Å². The molecule has 4 fully saturated rings. The molecular formula is C28H37F2N5O5S. The minimum Gasteiger partial charge on any atom is -0.444 e. The minimum absolute atomic E-state index is 0.173. The van der Waals surface area contributed by atoms with Gasteiger partial charge in [-0.25, -0.2) is 18.6 Å². The molecule has 0 bridgehead atoms. The topological polar surface area (TPSA) is 122 Å². The highest BCUT2D eigenvalue weighted by Crippen LogP contribution is 2.51. The van der Waals surface area contributed by atoms with Crippen LogP contribution in [0.4, 0.5) is 13.6 Å². The van der Waals surface area contributed by atoms with Crippen LogP contribution in [0.25, 0.3) is 0 Å². The van der Waals surface area contributed by atoms with Crippen LogP contribution in [0.2, 0.25) is 0 Å². The summed E-state index contributed by atoms with van der Waals surface area (Å²) in [6.45, 7) is 6.38. The molecule has 2 aromatic rings. The molecule has 10 nitrogen and oxygen atoms in total. The number of hydrogen-bond acceptors (Lipinski definition) is 9. The Labute approximate surface area is 241 Å². The highest BCUT2D eigenvalue weighted by Gasteiger charge is 2.55. The zero-order chi connectivity index (χ0) is 29.2. The van der Waals surface area contributed by atoms with E-state index in [-0.39, 0.29) is 36.5 Å². The summed E-state index contributed by atoms with van der Waals surface area (Å²) in [5.74, 6) is -2.76. The summed E-state index contributed by atoms with van der Waals surface area (Å²) in [5, 5.41) is 17.9. The molecule has 4 aliphatic rings. The third-order valence-electron chi connectivity index (χ3n) is 9.36. The summed E-state index contributed by atoms with van der Waals surface area (Å²) in [5.41, 5.74) is -1.81. The van der Waals surface area contributed by atoms with Crippen LogP contribution in [-0.4, -0.2) is 85.3 Å². The molecule has 41 heavy (non-hydrogen) atoms.